The van der Waals surface area contributed by atoms with Crippen LogP contribution in [0.15, 0.2) is 39.8 Å². The number of imidazole rings is 1. The number of nitrogens with zero attached hydrogens (tertiary/aromatic N) is 1. The summed E-state index contributed by atoms with van der Waals surface area (Å²) in [5, 5.41) is 7.19. The van der Waals surface area contributed by atoms with Crippen molar-refractivity contribution in [3.05, 3.63) is 52.3 Å². The number of aromatic nitrogens is 3. The van der Waals surface area contributed by atoms with E-state index in [2.05, 4.69) is 27.4 Å². The van der Waals surface area contributed by atoms with E-state index in [1.807, 2.05) is 24.3 Å². The van der Waals surface area contributed by atoms with E-state index in [1.165, 1.54) is 0 Å². The Morgan fingerprint density at radius 1 is 1.32 bits per heavy atom. The molecule has 0 saturated carbocycles. The lowest BCUT2D eigenvalue weighted by Crippen LogP contribution is -2.18. The summed E-state index contributed by atoms with van der Waals surface area (Å²) in [4.78, 5) is 16.7. The monoisotopic (exact) mass is 258 g/mol. The van der Waals surface area contributed by atoms with Crippen LogP contribution in [0.3, 0.4) is 0 Å². The van der Waals surface area contributed by atoms with Gasteiger partial charge in [-0.1, -0.05) is 11.2 Å². The lowest BCUT2D eigenvalue weighted by Gasteiger charge is -2.13. The van der Waals surface area contributed by atoms with Crippen LogP contribution < -0.4 is 11.0 Å². The Labute approximate surface area is 108 Å². The maximum atomic E-state index is 11.2. The van der Waals surface area contributed by atoms with Gasteiger partial charge in [-0.2, -0.15) is 0 Å². The van der Waals surface area contributed by atoms with E-state index < -0.39 is 0 Å². The van der Waals surface area contributed by atoms with Crippen molar-refractivity contribution in [1.29, 1.82) is 0 Å². The number of benzene rings is 1. The number of aromatic amines is 2. The molecule has 98 valence electrons. The Morgan fingerprint density at radius 2 is 2.16 bits per heavy atom. The molecule has 0 aliphatic rings. The van der Waals surface area contributed by atoms with Crippen molar-refractivity contribution >= 4 is 11.0 Å². The van der Waals surface area contributed by atoms with Gasteiger partial charge in [-0.05, 0) is 24.6 Å². The normalized spacial score (nSPS) is 12.9. The van der Waals surface area contributed by atoms with Crippen molar-refractivity contribution < 1.29 is 4.52 Å². The van der Waals surface area contributed by atoms with Crippen LogP contribution in [0.4, 0.5) is 0 Å². The molecule has 0 aliphatic carbocycles. The summed E-state index contributed by atoms with van der Waals surface area (Å²) < 4.78 is 4.78. The molecule has 1 atom stereocenters. The second-order valence-electron chi connectivity index (χ2n) is 4.48. The molecule has 0 aliphatic heterocycles. The summed E-state index contributed by atoms with van der Waals surface area (Å²) >= 11 is 0. The zero-order chi connectivity index (χ0) is 13.2. The van der Waals surface area contributed by atoms with Gasteiger partial charge in [-0.3, -0.25) is 0 Å². The zero-order valence-electron chi connectivity index (χ0n) is 10.4. The molecule has 3 aromatic rings. The standard InChI is InChI=1S/C13H14N4O2/c1-8(14-7-10-4-5-19-17-10)9-2-3-11-12(6-9)16-13(18)15-11/h2-6,8,14H,7H2,1H3,(H2,15,16,18). The van der Waals surface area contributed by atoms with Crippen LogP contribution in [0, 0.1) is 0 Å². The average Bonchev–Trinajstić information content (AvgIpc) is 3.02. The van der Waals surface area contributed by atoms with Gasteiger partial charge < -0.3 is 19.8 Å². The SMILES string of the molecule is CC(NCc1ccon1)c1ccc2[nH]c(=O)[nH]c2c1. The van der Waals surface area contributed by atoms with Crippen molar-refractivity contribution in [3.8, 4) is 0 Å². The fourth-order valence-corrected chi connectivity index (χ4v) is 2.02. The maximum Gasteiger partial charge on any atom is 0.323 e. The molecule has 1 unspecified atom stereocenters. The Balaban J connectivity index is 1.77. The van der Waals surface area contributed by atoms with Crippen molar-refractivity contribution in [1.82, 2.24) is 20.4 Å². The van der Waals surface area contributed by atoms with Gasteiger partial charge in [-0.15, -0.1) is 0 Å². The molecule has 2 aromatic heterocycles. The summed E-state index contributed by atoms with van der Waals surface area (Å²) in [5.41, 5.74) is 3.42. The molecule has 3 rings (SSSR count). The molecular formula is C13H14N4O2. The minimum atomic E-state index is -0.185. The predicted molar refractivity (Wildman–Crippen MR) is 70.7 cm³/mol. The molecule has 6 nitrogen and oxygen atoms in total. The Kier molecular flexibility index (Phi) is 2.92. The lowest BCUT2D eigenvalue weighted by atomic mass is 10.1. The number of hydrogen-bond acceptors (Lipinski definition) is 4. The van der Waals surface area contributed by atoms with E-state index in [1.54, 1.807) is 6.26 Å². The minimum Gasteiger partial charge on any atom is -0.364 e. The molecule has 0 amide bonds. The summed E-state index contributed by atoms with van der Waals surface area (Å²) in [6, 6.07) is 7.84. The molecule has 0 bridgehead atoms. The largest absolute Gasteiger partial charge is 0.364 e. The number of rotatable bonds is 4. The van der Waals surface area contributed by atoms with Crippen LogP contribution in [-0.2, 0) is 6.54 Å². The van der Waals surface area contributed by atoms with Gasteiger partial charge in [0.25, 0.3) is 0 Å². The van der Waals surface area contributed by atoms with Gasteiger partial charge in [0.15, 0.2) is 0 Å². The molecule has 0 fully saturated rings. The maximum absolute atomic E-state index is 11.2. The van der Waals surface area contributed by atoms with Crippen LogP contribution in [-0.4, -0.2) is 15.1 Å². The molecule has 2 heterocycles. The van der Waals surface area contributed by atoms with Crippen molar-refractivity contribution in [2.75, 3.05) is 0 Å². The highest BCUT2D eigenvalue weighted by atomic mass is 16.5. The van der Waals surface area contributed by atoms with Gasteiger partial charge in [0.2, 0.25) is 0 Å². The lowest BCUT2D eigenvalue weighted by molar-refractivity contribution is 0.406. The molecule has 6 heteroatoms. The summed E-state index contributed by atoms with van der Waals surface area (Å²) in [7, 11) is 0. The predicted octanol–water partition coefficient (Wildman–Crippen LogP) is 1.69. The van der Waals surface area contributed by atoms with Gasteiger partial charge >= 0.3 is 5.69 Å². The van der Waals surface area contributed by atoms with Crippen LogP contribution in [0.5, 0.6) is 0 Å². The van der Waals surface area contributed by atoms with E-state index in [0.29, 0.717) is 6.54 Å². The third-order valence-electron chi connectivity index (χ3n) is 3.12. The molecule has 19 heavy (non-hydrogen) atoms. The third-order valence-corrected chi connectivity index (χ3v) is 3.12. The van der Waals surface area contributed by atoms with Gasteiger partial charge in [-0.25, -0.2) is 4.79 Å². The summed E-state index contributed by atoms with van der Waals surface area (Å²) in [6.07, 6.45) is 1.55. The van der Waals surface area contributed by atoms with E-state index in [-0.39, 0.29) is 11.7 Å². The quantitative estimate of drug-likeness (QED) is 0.664. The molecule has 0 radical (unpaired) electrons. The first-order valence-electron chi connectivity index (χ1n) is 6.07. The van der Waals surface area contributed by atoms with Crippen LogP contribution in [0.25, 0.3) is 11.0 Å². The second kappa shape index (κ2) is 4.74. The topological polar surface area (TPSA) is 86.7 Å². The van der Waals surface area contributed by atoms with Gasteiger partial charge in [0, 0.05) is 18.7 Å². The minimum absolute atomic E-state index is 0.152. The first-order valence-corrected chi connectivity index (χ1v) is 6.07. The van der Waals surface area contributed by atoms with Gasteiger partial charge in [0.05, 0.1) is 16.7 Å². The highest BCUT2D eigenvalue weighted by Gasteiger charge is 2.08. The molecular weight excluding hydrogens is 244 g/mol. The van der Waals surface area contributed by atoms with Crippen molar-refractivity contribution in [3.63, 3.8) is 0 Å². The number of hydrogen-bond donors (Lipinski definition) is 3. The first kappa shape index (κ1) is 11.7. The fourth-order valence-electron chi connectivity index (χ4n) is 2.02. The molecule has 0 spiro atoms. The van der Waals surface area contributed by atoms with E-state index in [4.69, 9.17) is 4.52 Å². The van der Waals surface area contributed by atoms with E-state index >= 15 is 0 Å². The number of fused-ring (bicyclic) bond motifs is 1. The van der Waals surface area contributed by atoms with Crippen molar-refractivity contribution in [2.45, 2.75) is 19.5 Å². The Hall–Kier alpha value is -2.34. The molecule has 1 aromatic carbocycles. The second-order valence-corrected chi connectivity index (χ2v) is 4.48. The summed E-state index contributed by atoms with van der Waals surface area (Å²) in [6.45, 7) is 2.70. The Bertz CT molecular complexity index is 727. The number of nitrogens with one attached hydrogen (secondary N) is 3. The molecule has 0 saturated heterocycles. The summed E-state index contributed by atoms with van der Waals surface area (Å²) in [5.74, 6) is 0. The Morgan fingerprint density at radius 3 is 2.95 bits per heavy atom. The van der Waals surface area contributed by atoms with E-state index in [0.717, 1.165) is 22.3 Å². The zero-order valence-corrected chi connectivity index (χ0v) is 10.4. The smallest absolute Gasteiger partial charge is 0.323 e. The number of H-pyrrole nitrogens is 2. The van der Waals surface area contributed by atoms with Crippen LogP contribution in [0.2, 0.25) is 0 Å². The van der Waals surface area contributed by atoms with Gasteiger partial charge in [0.1, 0.15) is 6.26 Å². The van der Waals surface area contributed by atoms with Crippen LogP contribution >= 0.6 is 0 Å². The van der Waals surface area contributed by atoms with Crippen LogP contribution in [0.1, 0.15) is 24.2 Å². The average molecular weight is 258 g/mol. The highest BCUT2D eigenvalue weighted by Crippen LogP contribution is 2.17. The van der Waals surface area contributed by atoms with Crippen molar-refractivity contribution in [2.24, 2.45) is 0 Å². The third kappa shape index (κ3) is 2.43. The molecule has 3 N–H and O–H groups in total. The van der Waals surface area contributed by atoms with E-state index in [9.17, 15) is 4.79 Å². The first-order chi connectivity index (χ1) is 9.22. The highest BCUT2D eigenvalue weighted by molar-refractivity contribution is 5.75. The fraction of sp³-hybridized carbons (Fsp3) is 0.231.